The third kappa shape index (κ3) is 14.5. The van der Waals surface area contributed by atoms with Gasteiger partial charge < -0.3 is 30.6 Å². The molecule has 13 fully saturated rings. The Labute approximate surface area is 609 Å². The number of aliphatic hydroxyl groups is 6. The van der Waals surface area contributed by atoms with Crippen LogP contribution in [0.1, 0.15) is 347 Å². The predicted octanol–water partition coefficient (Wildman–Crippen LogP) is 23.0. The first-order chi connectivity index (χ1) is 46.0. The lowest BCUT2D eigenvalue weighted by Gasteiger charge is -2.62. The molecule has 0 bridgehead atoms. The number of rotatable bonds is 14. The van der Waals surface area contributed by atoms with Crippen LogP contribution in [0.25, 0.3) is 6.08 Å². The number of fused-ring (bicyclic) bond motifs is 15. The largest absolute Gasteiger partial charge is 0.393 e. The minimum absolute atomic E-state index is 0. The van der Waals surface area contributed by atoms with Crippen molar-refractivity contribution in [2.75, 3.05) is 0 Å². The summed E-state index contributed by atoms with van der Waals surface area (Å²) in [5.41, 5.74) is 3.89. The third-order valence-electron chi connectivity index (χ3n) is 36.6. The van der Waals surface area contributed by atoms with Gasteiger partial charge in [-0.2, -0.15) is 0 Å². The summed E-state index contributed by atoms with van der Waals surface area (Å²) >= 11 is 0. The van der Waals surface area contributed by atoms with Gasteiger partial charge in [-0.3, -0.25) is 0 Å². The zero-order valence-corrected chi connectivity index (χ0v) is 64.4. The van der Waals surface area contributed by atoms with Crippen molar-refractivity contribution >= 4 is 6.08 Å². The number of benzene rings is 1. The Bertz CT molecular complexity index is 2850. The van der Waals surface area contributed by atoms with Gasteiger partial charge in [-0.25, -0.2) is 0 Å². The smallest absolute Gasteiger partial charge is 0.0752 e. The molecule has 15 rings (SSSR count). The summed E-state index contributed by atoms with van der Waals surface area (Å²) in [6.45, 7) is 29.1. The number of hydrogen-bond acceptors (Lipinski definition) is 6. The van der Waals surface area contributed by atoms with Crippen LogP contribution in [0.3, 0.4) is 0 Å². The molecule has 0 unspecified atom stereocenters. The summed E-state index contributed by atoms with van der Waals surface area (Å²) in [7, 11) is 0. The molecule has 0 aromatic heterocycles. The third-order valence-corrected chi connectivity index (χ3v) is 36.6. The summed E-state index contributed by atoms with van der Waals surface area (Å²) in [4.78, 5) is 0. The molecule has 14 aliphatic carbocycles. The van der Waals surface area contributed by atoms with E-state index in [9.17, 15) is 30.6 Å². The van der Waals surface area contributed by atoms with Crippen LogP contribution in [0.15, 0.2) is 48.1 Å². The molecule has 0 spiro atoms. The molecule has 13 saturated carbocycles. The van der Waals surface area contributed by atoms with Crippen LogP contribution in [0, 0.1) is 145 Å². The Balaban J connectivity index is 0.000000149. The summed E-state index contributed by atoms with van der Waals surface area (Å²) < 4.78 is 0. The zero-order chi connectivity index (χ0) is 68.9. The quantitative estimate of drug-likeness (QED) is 0.103. The van der Waals surface area contributed by atoms with E-state index in [2.05, 4.69) is 120 Å². The van der Waals surface area contributed by atoms with E-state index in [1.165, 1.54) is 180 Å². The monoisotopic (exact) mass is 1370 g/mol. The topological polar surface area (TPSA) is 121 Å². The van der Waals surface area contributed by atoms with E-state index in [0.29, 0.717) is 73.9 Å². The standard InChI is InChI=1S/C31H46O2.C30H52O2.C30H50O2.2CH4/c1-21(28(32)15-10-22-8-6-5-7-9-22)25-13-14-26-24-12-11-23-20-29(2,33)18-19-30(23,3)27(24)16-17-31(25,26)4;2*1-5-30(32)17-16-28(3)22(19-30)10-11-23-25-13-12-24(29(25,4)15-14-26(23)28)20(2)27(31)18-21-8-6-7-9-21;;/h5-10,15,21,23-28,32-33H,11-14,16-20H2,1-4H3;20-27,31-32H,5-19H2,1-4H3;10,20-21,23-27,31-32H,5-9,11-19H2,1-4H3;2*1H4/b15-10+;;;;/t21-,23-,24-,25+,26-,27-,28-,29-,30-,31+;20-,22-,23-,24+,25-,26-,27-,28-,29+,30-;20-,23-,24+,25-,26-,27-,28-,29+,30-;;/m000../s1. The molecular formula is C93H156O6. The van der Waals surface area contributed by atoms with Gasteiger partial charge >= 0.3 is 0 Å². The molecular weight excluding hydrogens is 1210 g/mol. The van der Waals surface area contributed by atoms with E-state index in [4.69, 9.17) is 0 Å². The second-order valence-electron chi connectivity index (χ2n) is 40.7. The van der Waals surface area contributed by atoms with Crippen LogP contribution >= 0.6 is 0 Å². The fraction of sp³-hybridized carbons (Fsp3) is 0.892. The molecule has 1 aromatic rings. The summed E-state index contributed by atoms with van der Waals surface area (Å²) in [6, 6.07) is 10.3. The molecule has 29 atom stereocenters. The van der Waals surface area contributed by atoms with Gasteiger partial charge in [0.1, 0.15) is 0 Å². The van der Waals surface area contributed by atoms with Crippen molar-refractivity contribution in [2.45, 2.75) is 377 Å². The van der Waals surface area contributed by atoms with E-state index in [0.717, 1.165) is 141 Å². The van der Waals surface area contributed by atoms with Crippen molar-refractivity contribution in [1.82, 2.24) is 0 Å². The van der Waals surface area contributed by atoms with Gasteiger partial charge in [0.15, 0.2) is 0 Å². The highest BCUT2D eigenvalue weighted by Gasteiger charge is 2.65. The van der Waals surface area contributed by atoms with Crippen molar-refractivity contribution in [2.24, 2.45) is 145 Å². The maximum atomic E-state index is 11.2. The molecule has 564 valence electrons. The van der Waals surface area contributed by atoms with E-state index in [1.807, 2.05) is 12.1 Å². The molecule has 6 N–H and O–H groups in total. The Hall–Kier alpha value is -1.54. The summed E-state index contributed by atoms with van der Waals surface area (Å²) in [5, 5.41) is 66.3. The van der Waals surface area contributed by atoms with E-state index < -0.39 is 11.2 Å². The lowest BCUT2D eigenvalue weighted by atomic mass is 9.43. The van der Waals surface area contributed by atoms with Gasteiger partial charge in [0.05, 0.1) is 35.1 Å². The first-order valence-electron chi connectivity index (χ1n) is 42.7. The minimum atomic E-state index is -0.454. The maximum Gasteiger partial charge on any atom is 0.0752 e. The van der Waals surface area contributed by atoms with Gasteiger partial charge in [-0.05, 0) is 350 Å². The maximum absolute atomic E-state index is 11.2. The Morgan fingerprint density at radius 1 is 0.434 bits per heavy atom. The predicted molar refractivity (Wildman–Crippen MR) is 414 cm³/mol. The fourth-order valence-corrected chi connectivity index (χ4v) is 30.1. The Morgan fingerprint density at radius 2 is 0.869 bits per heavy atom. The number of hydrogen-bond donors (Lipinski definition) is 6. The van der Waals surface area contributed by atoms with E-state index in [1.54, 1.807) is 5.57 Å². The summed E-state index contributed by atoms with van der Waals surface area (Å²) in [6.07, 6.45) is 53.5. The van der Waals surface area contributed by atoms with Crippen LogP contribution in [0.5, 0.6) is 0 Å². The number of allylic oxidation sites excluding steroid dienone is 1. The lowest BCUT2D eigenvalue weighted by molar-refractivity contribution is -0.154. The highest BCUT2D eigenvalue weighted by atomic mass is 16.3. The van der Waals surface area contributed by atoms with Gasteiger partial charge in [-0.1, -0.05) is 197 Å². The molecule has 0 saturated heterocycles. The highest BCUT2D eigenvalue weighted by molar-refractivity contribution is 5.49. The van der Waals surface area contributed by atoms with Crippen molar-refractivity contribution in [3.05, 3.63) is 53.6 Å². The normalized spacial score (nSPS) is 47.8. The Kier molecular flexibility index (Phi) is 24.0. The van der Waals surface area contributed by atoms with Crippen LogP contribution in [0.2, 0.25) is 0 Å². The Morgan fingerprint density at radius 3 is 1.36 bits per heavy atom. The van der Waals surface area contributed by atoms with Gasteiger partial charge in [0, 0.05) is 0 Å². The van der Waals surface area contributed by atoms with Gasteiger partial charge in [0.25, 0.3) is 0 Å². The van der Waals surface area contributed by atoms with Crippen LogP contribution in [-0.4, -0.2) is 65.8 Å². The van der Waals surface area contributed by atoms with Crippen molar-refractivity contribution in [1.29, 1.82) is 0 Å². The molecule has 14 aliphatic rings. The molecule has 0 radical (unpaired) electrons. The zero-order valence-electron chi connectivity index (χ0n) is 64.4. The van der Waals surface area contributed by atoms with E-state index >= 15 is 0 Å². The van der Waals surface area contributed by atoms with E-state index in [-0.39, 0.29) is 38.8 Å². The molecule has 0 aliphatic heterocycles. The van der Waals surface area contributed by atoms with Gasteiger partial charge in [-0.15, -0.1) is 0 Å². The SMILES string of the molecule is C.C.CC[C@]1(O)CC[C@@]2(C)C(=CC[C@H]3[C@@H]4CC[C@H]([C@H](C)[C@@H](O)CC5CCCC5)[C@@]4(C)CC[C@@H]32)C1.CC[C@]1(O)CC[C@@]2(C)[C@@H](CC[C@@H]3[C@@H]2CC[C@]2(C)[C@@H]([C@H](C)[C@@H](O)CC4CCCC4)CC[C@@H]32)C1.C[C@@H]([C@H]1CC[C@H]2[C@@H]3CC[C@H]4C[C@@](C)(O)CC[C@]4(C)[C@H]3CC[C@]12C)[C@@H](O)/C=C/c1ccccc1. The molecule has 1 aromatic carbocycles. The lowest BCUT2D eigenvalue weighted by Crippen LogP contribution is -2.56. The molecule has 0 heterocycles. The average Bonchev–Trinajstić information content (AvgIpc) is 1.62. The molecule has 99 heavy (non-hydrogen) atoms. The second kappa shape index (κ2) is 30.3. The number of aliphatic hydroxyl groups excluding tert-OH is 3. The van der Waals surface area contributed by atoms with Gasteiger partial charge in [0.2, 0.25) is 0 Å². The van der Waals surface area contributed by atoms with Crippen molar-refractivity contribution < 1.29 is 30.6 Å². The first kappa shape index (κ1) is 78.5. The highest BCUT2D eigenvalue weighted by Crippen LogP contribution is 2.73. The second-order valence-corrected chi connectivity index (χ2v) is 40.7. The summed E-state index contributed by atoms with van der Waals surface area (Å²) in [5.74, 6) is 13.8. The minimum Gasteiger partial charge on any atom is -0.393 e. The molecule has 6 nitrogen and oxygen atoms in total. The molecule has 0 amide bonds. The van der Waals surface area contributed by atoms with Crippen LogP contribution in [0.4, 0.5) is 0 Å². The van der Waals surface area contributed by atoms with Crippen molar-refractivity contribution in [3.8, 4) is 0 Å². The first-order valence-corrected chi connectivity index (χ1v) is 42.7. The average molecular weight is 1370 g/mol. The fourth-order valence-electron chi connectivity index (χ4n) is 30.1. The van der Waals surface area contributed by atoms with Crippen molar-refractivity contribution in [3.63, 3.8) is 0 Å². The molecule has 6 heteroatoms. The van der Waals surface area contributed by atoms with Crippen LogP contribution in [-0.2, 0) is 0 Å². The van der Waals surface area contributed by atoms with Crippen LogP contribution < -0.4 is 0 Å².